The lowest BCUT2D eigenvalue weighted by atomic mass is 9.77. The molecule has 0 N–H and O–H groups in total. The quantitative estimate of drug-likeness (QED) is 0.367. The summed E-state index contributed by atoms with van der Waals surface area (Å²) in [6, 6.07) is 31.9. The highest BCUT2D eigenvalue weighted by Crippen LogP contribution is 2.40. The van der Waals surface area contributed by atoms with Crippen LogP contribution in [-0.2, 0) is 16.7 Å². The Morgan fingerprint density at radius 1 is 0.786 bits per heavy atom. The fraction of sp³-hybridized carbons (Fsp3) is 0.160. The number of aromatic nitrogens is 2. The van der Waals surface area contributed by atoms with E-state index < -0.39 is 5.54 Å². The molecule has 1 atom stereocenters. The van der Waals surface area contributed by atoms with Crippen LogP contribution in [0.5, 0.6) is 0 Å². The summed E-state index contributed by atoms with van der Waals surface area (Å²) in [5.74, 6) is 0. The van der Waals surface area contributed by atoms with Gasteiger partial charge in [-0.3, -0.25) is 4.68 Å². The van der Waals surface area contributed by atoms with E-state index in [1.54, 1.807) is 0 Å². The fourth-order valence-electron chi connectivity index (χ4n) is 4.03. The summed E-state index contributed by atoms with van der Waals surface area (Å²) in [6.45, 7) is 0.854. The molecule has 0 radical (unpaired) electrons. The van der Waals surface area contributed by atoms with Gasteiger partial charge in [0.15, 0.2) is 0 Å². The van der Waals surface area contributed by atoms with Crippen molar-refractivity contribution < 1.29 is 4.74 Å². The largest absolute Gasteiger partial charge is 0.373 e. The molecule has 1 saturated heterocycles. The molecule has 0 spiro atoms. The van der Waals surface area contributed by atoms with Gasteiger partial charge < -0.3 is 4.74 Å². The number of rotatable bonds is 6. The molecule has 0 bridgehead atoms. The number of hydrogen-bond acceptors (Lipinski definition) is 2. The van der Waals surface area contributed by atoms with Crippen molar-refractivity contribution >= 4 is 0 Å². The van der Waals surface area contributed by atoms with Crippen LogP contribution in [0.3, 0.4) is 0 Å². The molecule has 28 heavy (non-hydrogen) atoms. The van der Waals surface area contributed by atoms with Crippen LogP contribution in [0.15, 0.2) is 103 Å². The molecular formula is C25H22N2O. The average Bonchev–Trinajstić information content (AvgIpc) is 3.46. The van der Waals surface area contributed by atoms with Gasteiger partial charge in [0.2, 0.25) is 0 Å². The van der Waals surface area contributed by atoms with Crippen molar-refractivity contribution in [2.45, 2.75) is 18.1 Å². The molecule has 3 aromatic carbocycles. The summed E-state index contributed by atoms with van der Waals surface area (Å²) in [7, 11) is 0. The van der Waals surface area contributed by atoms with Crippen molar-refractivity contribution in [3.05, 3.63) is 126 Å². The molecule has 2 heterocycles. The second-order valence-electron chi connectivity index (χ2n) is 7.26. The predicted octanol–water partition coefficient (Wildman–Crippen LogP) is 4.66. The van der Waals surface area contributed by atoms with E-state index in [1.807, 2.05) is 6.20 Å². The third-order valence-corrected chi connectivity index (χ3v) is 5.42. The predicted molar refractivity (Wildman–Crippen MR) is 110 cm³/mol. The van der Waals surface area contributed by atoms with Crippen molar-refractivity contribution in [3.8, 4) is 0 Å². The fourth-order valence-corrected chi connectivity index (χ4v) is 4.03. The van der Waals surface area contributed by atoms with Crippen LogP contribution in [0.25, 0.3) is 0 Å². The van der Waals surface area contributed by atoms with Gasteiger partial charge in [-0.1, -0.05) is 91.0 Å². The number of benzene rings is 3. The Morgan fingerprint density at radius 2 is 1.25 bits per heavy atom. The molecule has 0 aliphatic carbocycles. The third-order valence-electron chi connectivity index (χ3n) is 5.42. The molecule has 1 aliphatic heterocycles. The van der Waals surface area contributed by atoms with Gasteiger partial charge in [-0.2, -0.15) is 5.10 Å². The van der Waals surface area contributed by atoms with Crippen LogP contribution in [0.1, 0.15) is 22.3 Å². The van der Waals surface area contributed by atoms with Gasteiger partial charge in [0.1, 0.15) is 5.54 Å². The molecule has 0 amide bonds. The lowest BCUT2D eigenvalue weighted by Crippen LogP contribution is -2.38. The van der Waals surface area contributed by atoms with Gasteiger partial charge in [0.25, 0.3) is 0 Å². The van der Waals surface area contributed by atoms with Crippen molar-refractivity contribution in [1.82, 2.24) is 9.78 Å². The monoisotopic (exact) mass is 366 g/mol. The van der Waals surface area contributed by atoms with E-state index in [0.717, 1.165) is 13.0 Å². The Labute approximate surface area is 165 Å². The average molecular weight is 366 g/mol. The maximum Gasteiger partial charge on any atom is 0.137 e. The van der Waals surface area contributed by atoms with E-state index in [-0.39, 0.29) is 0 Å². The first-order valence-electron chi connectivity index (χ1n) is 9.69. The first kappa shape index (κ1) is 17.0. The molecular weight excluding hydrogens is 344 g/mol. The van der Waals surface area contributed by atoms with E-state index in [0.29, 0.717) is 6.10 Å². The maximum atomic E-state index is 5.42. The number of nitrogens with zero attached hydrogens (tertiary/aromatic N) is 2. The van der Waals surface area contributed by atoms with Gasteiger partial charge >= 0.3 is 0 Å². The van der Waals surface area contributed by atoms with Crippen molar-refractivity contribution in [2.24, 2.45) is 0 Å². The van der Waals surface area contributed by atoms with Crippen molar-refractivity contribution in [3.63, 3.8) is 0 Å². The van der Waals surface area contributed by atoms with E-state index in [9.17, 15) is 0 Å². The summed E-state index contributed by atoms with van der Waals surface area (Å²) < 4.78 is 7.54. The molecule has 0 saturated carbocycles. The molecule has 1 aliphatic rings. The highest BCUT2D eigenvalue weighted by Gasteiger charge is 2.39. The topological polar surface area (TPSA) is 30.4 Å². The Morgan fingerprint density at radius 3 is 1.68 bits per heavy atom. The standard InChI is InChI=1S/C25H22N2O/c1-4-10-21(11-5-1)25(22-12-6-2-7-13-22,23-14-8-3-9-15-23)27-18-20(17-26-27)16-24-19-28-24/h1-15,17-18,24H,16,19H2/t24-/m0/s1. The number of hydrogen-bond donors (Lipinski definition) is 0. The summed E-state index contributed by atoms with van der Waals surface area (Å²) in [5.41, 5.74) is 4.22. The van der Waals surface area contributed by atoms with Crippen LogP contribution >= 0.6 is 0 Å². The van der Waals surface area contributed by atoms with Gasteiger partial charge in [0, 0.05) is 12.6 Å². The Kier molecular flexibility index (Phi) is 4.30. The summed E-state index contributed by atoms with van der Waals surface area (Å²) in [5, 5.41) is 4.86. The molecule has 138 valence electrons. The zero-order valence-corrected chi connectivity index (χ0v) is 15.6. The second-order valence-corrected chi connectivity index (χ2v) is 7.26. The highest BCUT2D eigenvalue weighted by molar-refractivity contribution is 5.50. The van der Waals surface area contributed by atoms with Gasteiger partial charge in [-0.05, 0) is 22.3 Å². The Bertz CT molecular complexity index is 941. The van der Waals surface area contributed by atoms with E-state index in [2.05, 4.69) is 102 Å². The summed E-state index contributed by atoms with van der Waals surface area (Å²) >= 11 is 0. The zero-order chi connectivity index (χ0) is 18.8. The van der Waals surface area contributed by atoms with Gasteiger partial charge in [-0.15, -0.1) is 0 Å². The molecule has 3 heteroatoms. The minimum atomic E-state index is -0.535. The van der Waals surface area contributed by atoms with Crippen molar-refractivity contribution in [1.29, 1.82) is 0 Å². The van der Waals surface area contributed by atoms with Crippen LogP contribution < -0.4 is 0 Å². The van der Waals surface area contributed by atoms with Crippen molar-refractivity contribution in [2.75, 3.05) is 6.61 Å². The number of epoxide rings is 1. The molecule has 0 unspecified atom stereocenters. The second kappa shape index (κ2) is 7.10. The first-order valence-corrected chi connectivity index (χ1v) is 9.69. The smallest absolute Gasteiger partial charge is 0.137 e. The van der Waals surface area contributed by atoms with Gasteiger partial charge in [0.05, 0.1) is 18.9 Å². The molecule has 4 aromatic rings. The highest BCUT2D eigenvalue weighted by atomic mass is 16.6. The summed E-state index contributed by atoms with van der Waals surface area (Å²) in [4.78, 5) is 0. The molecule has 1 fully saturated rings. The van der Waals surface area contributed by atoms with E-state index in [1.165, 1.54) is 22.3 Å². The lowest BCUT2D eigenvalue weighted by molar-refractivity contribution is 0.407. The molecule has 3 nitrogen and oxygen atoms in total. The first-order chi connectivity index (χ1) is 13.9. The third kappa shape index (κ3) is 2.94. The molecule has 1 aromatic heterocycles. The van der Waals surface area contributed by atoms with Crippen LogP contribution in [-0.4, -0.2) is 22.5 Å². The summed E-state index contributed by atoms with van der Waals surface area (Å²) in [6.07, 6.45) is 5.41. The minimum absolute atomic E-state index is 0.345. The van der Waals surface area contributed by atoms with E-state index >= 15 is 0 Å². The lowest BCUT2D eigenvalue weighted by Gasteiger charge is -2.36. The van der Waals surface area contributed by atoms with E-state index in [4.69, 9.17) is 9.84 Å². The van der Waals surface area contributed by atoms with Crippen LogP contribution in [0.2, 0.25) is 0 Å². The molecule has 5 rings (SSSR count). The zero-order valence-electron chi connectivity index (χ0n) is 15.6. The Balaban J connectivity index is 1.78. The SMILES string of the molecule is c1ccc(C(c2ccccc2)(c2ccccc2)n2cc(C[C@H]3CO3)cn2)cc1. The Hall–Kier alpha value is -3.17. The normalized spacial score (nSPS) is 16.1. The van der Waals surface area contributed by atoms with Gasteiger partial charge in [-0.25, -0.2) is 0 Å². The maximum absolute atomic E-state index is 5.42. The minimum Gasteiger partial charge on any atom is -0.373 e. The van der Waals surface area contributed by atoms with Crippen LogP contribution in [0, 0.1) is 0 Å². The van der Waals surface area contributed by atoms with Crippen LogP contribution in [0.4, 0.5) is 0 Å². The number of ether oxygens (including phenoxy) is 1.